The first-order valence-electron chi connectivity index (χ1n) is 8.21. The van der Waals surface area contributed by atoms with E-state index < -0.39 is 18.5 Å². The molecule has 0 unspecified atom stereocenters. The highest BCUT2D eigenvalue weighted by Crippen LogP contribution is 2.15. The van der Waals surface area contributed by atoms with Gasteiger partial charge in [0.1, 0.15) is 0 Å². The van der Waals surface area contributed by atoms with Crippen LogP contribution in [-0.2, 0) is 16.1 Å². The first-order chi connectivity index (χ1) is 13.0. The van der Waals surface area contributed by atoms with Crippen molar-refractivity contribution in [3.63, 3.8) is 0 Å². The predicted octanol–water partition coefficient (Wildman–Crippen LogP) is 3.84. The van der Waals surface area contributed by atoms with Crippen LogP contribution >= 0.6 is 22.9 Å². The summed E-state index contributed by atoms with van der Waals surface area (Å²) in [5, 5.41) is 2.14. The number of aromatic nitrogens is 1. The van der Waals surface area contributed by atoms with Gasteiger partial charge in [-0.25, -0.2) is 4.79 Å². The van der Waals surface area contributed by atoms with E-state index in [1.165, 1.54) is 16.9 Å². The summed E-state index contributed by atoms with van der Waals surface area (Å²) in [6, 6.07) is 14.7. The van der Waals surface area contributed by atoms with Crippen LogP contribution in [0.5, 0.6) is 0 Å². The predicted molar refractivity (Wildman–Crippen MR) is 105 cm³/mol. The number of rotatable bonds is 5. The lowest BCUT2D eigenvalue weighted by molar-refractivity contribution is -0.121. The zero-order valence-corrected chi connectivity index (χ0v) is 16.2. The summed E-state index contributed by atoms with van der Waals surface area (Å²) in [5.74, 6) is -1.18. The topological polar surface area (TPSA) is 60.7 Å². The van der Waals surface area contributed by atoms with Crippen LogP contribution < -0.4 is 4.80 Å². The Morgan fingerprint density at radius 1 is 1.15 bits per heavy atom. The molecule has 0 aliphatic carbocycles. The first kappa shape index (κ1) is 19.1. The van der Waals surface area contributed by atoms with Gasteiger partial charge in [-0.1, -0.05) is 53.6 Å². The summed E-state index contributed by atoms with van der Waals surface area (Å²) in [4.78, 5) is 28.7. The molecule has 1 amide bonds. The second kappa shape index (κ2) is 8.79. The van der Waals surface area contributed by atoms with E-state index >= 15 is 0 Å². The van der Waals surface area contributed by atoms with Crippen LogP contribution in [-0.4, -0.2) is 23.1 Å². The van der Waals surface area contributed by atoms with Gasteiger partial charge in [-0.05, 0) is 24.6 Å². The zero-order valence-electron chi connectivity index (χ0n) is 14.6. The minimum atomic E-state index is -0.650. The summed E-state index contributed by atoms with van der Waals surface area (Å²) in [6.07, 6.45) is 1.87. The molecule has 27 heavy (non-hydrogen) atoms. The lowest BCUT2D eigenvalue weighted by atomic mass is 10.1. The first-order valence-corrected chi connectivity index (χ1v) is 9.47. The molecule has 0 aliphatic rings. The fourth-order valence-electron chi connectivity index (χ4n) is 2.37. The average Bonchev–Trinajstić information content (AvgIpc) is 3.08. The number of thiazole rings is 1. The number of carbonyl (C=O) groups is 2. The molecule has 3 rings (SSSR count). The Morgan fingerprint density at radius 2 is 1.89 bits per heavy atom. The van der Waals surface area contributed by atoms with Gasteiger partial charge in [0.2, 0.25) is 0 Å². The lowest BCUT2D eigenvalue weighted by Crippen LogP contribution is -2.20. The fraction of sp³-hybridized carbons (Fsp3) is 0.150. The third-order valence-corrected chi connectivity index (χ3v) is 4.90. The van der Waals surface area contributed by atoms with E-state index in [-0.39, 0.29) is 10.6 Å². The maximum Gasteiger partial charge on any atom is 0.340 e. The summed E-state index contributed by atoms with van der Waals surface area (Å²) in [7, 11) is 0. The van der Waals surface area contributed by atoms with E-state index in [0.717, 1.165) is 5.56 Å². The van der Waals surface area contributed by atoms with E-state index in [2.05, 4.69) is 4.99 Å². The SMILES string of the molecule is Cc1ccc(Cn2ccsc2=NC(=O)COC(=O)c2ccccc2Cl)cc1. The summed E-state index contributed by atoms with van der Waals surface area (Å²) < 4.78 is 6.90. The van der Waals surface area contributed by atoms with Crippen LogP contribution in [0.1, 0.15) is 21.5 Å². The molecule has 5 nitrogen and oxygen atoms in total. The van der Waals surface area contributed by atoms with Crippen molar-refractivity contribution in [2.45, 2.75) is 13.5 Å². The summed E-state index contributed by atoms with van der Waals surface area (Å²) >= 11 is 7.29. The third kappa shape index (κ3) is 5.15. The van der Waals surface area contributed by atoms with Gasteiger partial charge in [-0.15, -0.1) is 11.3 Å². The van der Waals surface area contributed by atoms with Crippen molar-refractivity contribution in [2.75, 3.05) is 6.61 Å². The standard InChI is InChI=1S/C20H17ClN2O3S/c1-14-6-8-15(9-7-14)12-23-10-11-27-20(23)22-18(24)13-26-19(25)16-4-2-3-5-17(16)21/h2-11H,12-13H2,1H3. The number of benzene rings is 2. The van der Waals surface area contributed by atoms with Crippen LogP contribution in [0.3, 0.4) is 0 Å². The van der Waals surface area contributed by atoms with Crippen LogP contribution in [0.4, 0.5) is 0 Å². The van der Waals surface area contributed by atoms with Gasteiger partial charge in [0.15, 0.2) is 11.4 Å². The zero-order chi connectivity index (χ0) is 19.2. The van der Waals surface area contributed by atoms with Gasteiger partial charge < -0.3 is 9.30 Å². The fourth-order valence-corrected chi connectivity index (χ4v) is 3.33. The Bertz CT molecular complexity index is 1020. The quantitative estimate of drug-likeness (QED) is 0.611. The van der Waals surface area contributed by atoms with Gasteiger partial charge in [0.25, 0.3) is 5.91 Å². The van der Waals surface area contributed by atoms with Crippen molar-refractivity contribution in [1.29, 1.82) is 0 Å². The highest BCUT2D eigenvalue weighted by Gasteiger charge is 2.13. The molecule has 0 aliphatic heterocycles. The van der Waals surface area contributed by atoms with Crippen molar-refractivity contribution in [3.05, 3.63) is 86.6 Å². The van der Waals surface area contributed by atoms with Gasteiger partial charge >= 0.3 is 5.97 Å². The number of esters is 1. The molecule has 7 heteroatoms. The van der Waals surface area contributed by atoms with Crippen LogP contribution in [0.25, 0.3) is 0 Å². The number of aryl methyl sites for hydroxylation is 1. The number of amides is 1. The number of nitrogens with zero attached hydrogens (tertiary/aromatic N) is 2. The van der Waals surface area contributed by atoms with Crippen LogP contribution in [0.2, 0.25) is 5.02 Å². The minimum absolute atomic E-state index is 0.220. The van der Waals surface area contributed by atoms with E-state index in [1.54, 1.807) is 24.3 Å². The molecule has 1 aromatic heterocycles. The van der Waals surface area contributed by atoms with Gasteiger partial charge in [-0.3, -0.25) is 4.79 Å². The maximum absolute atomic E-state index is 12.1. The largest absolute Gasteiger partial charge is 0.452 e. The molecule has 138 valence electrons. The normalized spacial score (nSPS) is 11.4. The Labute approximate surface area is 165 Å². The van der Waals surface area contributed by atoms with E-state index in [1.807, 2.05) is 47.3 Å². The molecule has 0 saturated carbocycles. The lowest BCUT2D eigenvalue weighted by Gasteiger charge is -2.05. The average molecular weight is 401 g/mol. The molecule has 0 N–H and O–H groups in total. The van der Waals surface area contributed by atoms with Gasteiger partial charge in [0.05, 0.1) is 10.6 Å². The van der Waals surface area contributed by atoms with E-state index in [4.69, 9.17) is 16.3 Å². The molecule has 3 aromatic rings. The van der Waals surface area contributed by atoms with Crippen molar-refractivity contribution in [1.82, 2.24) is 4.57 Å². The number of hydrogen-bond acceptors (Lipinski definition) is 4. The Hall–Kier alpha value is -2.70. The monoisotopic (exact) mass is 400 g/mol. The third-order valence-electron chi connectivity index (χ3n) is 3.77. The molecule has 0 saturated heterocycles. The number of hydrogen-bond donors (Lipinski definition) is 0. The van der Waals surface area contributed by atoms with Crippen molar-refractivity contribution in [2.24, 2.45) is 4.99 Å². The van der Waals surface area contributed by atoms with E-state index in [0.29, 0.717) is 11.3 Å². The summed E-state index contributed by atoms with van der Waals surface area (Å²) in [5.41, 5.74) is 2.52. The van der Waals surface area contributed by atoms with Gasteiger partial charge in [0, 0.05) is 18.1 Å². The van der Waals surface area contributed by atoms with Crippen molar-refractivity contribution in [3.8, 4) is 0 Å². The Morgan fingerprint density at radius 3 is 2.63 bits per heavy atom. The maximum atomic E-state index is 12.1. The second-order valence-electron chi connectivity index (χ2n) is 5.86. The van der Waals surface area contributed by atoms with Crippen LogP contribution in [0, 0.1) is 6.92 Å². The van der Waals surface area contributed by atoms with Crippen molar-refractivity contribution >= 4 is 34.8 Å². The number of halogens is 1. The van der Waals surface area contributed by atoms with Gasteiger partial charge in [-0.2, -0.15) is 4.99 Å². The number of ether oxygens (including phenoxy) is 1. The molecule has 0 atom stereocenters. The minimum Gasteiger partial charge on any atom is -0.452 e. The molecule has 1 heterocycles. The number of carbonyl (C=O) groups excluding carboxylic acids is 2. The Kier molecular flexibility index (Phi) is 6.21. The van der Waals surface area contributed by atoms with Crippen LogP contribution in [0.15, 0.2) is 65.1 Å². The molecular weight excluding hydrogens is 384 g/mol. The molecular formula is C20H17ClN2O3S. The highest BCUT2D eigenvalue weighted by atomic mass is 35.5. The molecule has 0 radical (unpaired) electrons. The van der Waals surface area contributed by atoms with E-state index in [9.17, 15) is 9.59 Å². The molecule has 0 spiro atoms. The van der Waals surface area contributed by atoms with Crippen molar-refractivity contribution < 1.29 is 14.3 Å². The molecule has 2 aromatic carbocycles. The Balaban J connectivity index is 1.66. The smallest absolute Gasteiger partial charge is 0.340 e. The molecule has 0 fully saturated rings. The molecule has 0 bridgehead atoms. The highest BCUT2D eigenvalue weighted by molar-refractivity contribution is 7.07. The second-order valence-corrected chi connectivity index (χ2v) is 7.14. The summed E-state index contributed by atoms with van der Waals surface area (Å²) in [6.45, 7) is 2.20.